The molecular formula is C24H22N4O5. The smallest absolute Gasteiger partial charge is 0.306 e. The van der Waals surface area contributed by atoms with Crippen LogP contribution < -0.4 is 4.74 Å². The third-order valence-electron chi connectivity index (χ3n) is 5.04. The van der Waals surface area contributed by atoms with Crippen LogP contribution in [-0.2, 0) is 16.1 Å². The highest BCUT2D eigenvalue weighted by Crippen LogP contribution is 2.35. The van der Waals surface area contributed by atoms with Gasteiger partial charge in [-0.2, -0.15) is 4.98 Å². The molecule has 0 amide bonds. The summed E-state index contributed by atoms with van der Waals surface area (Å²) in [5.41, 5.74) is 4.59. The number of nitrogens with zero attached hydrogens (tertiary/aromatic N) is 4. The first-order valence-electron chi connectivity index (χ1n) is 10.5. The Labute approximate surface area is 190 Å². The number of carboxylic acids is 1. The minimum absolute atomic E-state index is 0.0235. The zero-order valence-electron chi connectivity index (χ0n) is 18.2. The summed E-state index contributed by atoms with van der Waals surface area (Å²) >= 11 is 0. The molecule has 0 aliphatic heterocycles. The largest absolute Gasteiger partial charge is 0.502 e. The van der Waals surface area contributed by atoms with E-state index in [-0.39, 0.29) is 19.1 Å². The minimum atomic E-state index is -0.928. The Balaban J connectivity index is 1.59. The Kier molecular flexibility index (Phi) is 6.36. The molecule has 1 N–H and O–H groups in total. The summed E-state index contributed by atoms with van der Waals surface area (Å²) in [4.78, 5) is 23.9. The molecule has 1 heterocycles. The fourth-order valence-corrected chi connectivity index (χ4v) is 3.61. The van der Waals surface area contributed by atoms with Crippen LogP contribution in [0.15, 0.2) is 46.1 Å². The predicted molar refractivity (Wildman–Crippen MR) is 120 cm³/mol. The van der Waals surface area contributed by atoms with E-state index in [1.54, 1.807) is 18.2 Å². The Hall–Kier alpha value is -4.19. The Bertz CT molecular complexity index is 1260. The molecule has 2 aromatic carbocycles. The molecule has 168 valence electrons. The quantitative estimate of drug-likeness (QED) is 0.298. The molecule has 0 radical (unpaired) electrons. The molecule has 0 fully saturated rings. The van der Waals surface area contributed by atoms with Crippen LogP contribution in [0.1, 0.15) is 37.8 Å². The van der Waals surface area contributed by atoms with E-state index in [1.807, 2.05) is 32.0 Å². The molecule has 1 aliphatic rings. The fraction of sp³-hybridized carbons (Fsp3) is 0.292. The van der Waals surface area contributed by atoms with Crippen LogP contribution in [0.2, 0.25) is 0 Å². The first kappa shape index (κ1) is 22.0. The van der Waals surface area contributed by atoms with Crippen molar-refractivity contribution in [2.45, 2.75) is 39.2 Å². The highest BCUT2D eigenvalue weighted by molar-refractivity contribution is 6.05. The van der Waals surface area contributed by atoms with Crippen molar-refractivity contribution in [1.29, 1.82) is 0 Å². The van der Waals surface area contributed by atoms with Gasteiger partial charge >= 0.3 is 5.97 Å². The summed E-state index contributed by atoms with van der Waals surface area (Å²) < 4.78 is 11.2. The maximum absolute atomic E-state index is 10.6. The van der Waals surface area contributed by atoms with Gasteiger partial charge in [0.1, 0.15) is 12.4 Å². The lowest BCUT2D eigenvalue weighted by atomic mass is 10.0. The SMILES string of the molecule is [C-]#[N+]c1cc(-c2nc(-c3cccc4c3CC/C4=N\OCCC(=O)O)no2)ccc1OC(C)C. The zero-order chi connectivity index (χ0) is 23.4. The average molecular weight is 446 g/mol. The van der Waals surface area contributed by atoms with Crippen LogP contribution in [0.5, 0.6) is 5.75 Å². The molecule has 9 heteroatoms. The number of benzene rings is 2. The van der Waals surface area contributed by atoms with Crippen LogP contribution in [0.25, 0.3) is 27.7 Å². The van der Waals surface area contributed by atoms with Gasteiger partial charge in [-0.05, 0) is 50.5 Å². The van der Waals surface area contributed by atoms with E-state index < -0.39 is 5.97 Å². The summed E-state index contributed by atoms with van der Waals surface area (Å²) in [6.45, 7) is 11.3. The van der Waals surface area contributed by atoms with Crippen molar-refractivity contribution in [1.82, 2.24) is 10.1 Å². The Morgan fingerprint density at radius 2 is 2.09 bits per heavy atom. The van der Waals surface area contributed by atoms with Gasteiger partial charge in [-0.15, -0.1) is 0 Å². The topological polar surface area (TPSA) is 111 Å². The zero-order valence-corrected chi connectivity index (χ0v) is 18.2. The van der Waals surface area contributed by atoms with Gasteiger partial charge in [-0.1, -0.05) is 28.5 Å². The molecule has 0 unspecified atom stereocenters. The highest BCUT2D eigenvalue weighted by Gasteiger charge is 2.24. The first-order chi connectivity index (χ1) is 16.0. The maximum atomic E-state index is 10.6. The molecule has 0 bridgehead atoms. The second-order valence-electron chi connectivity index (χ2n) is 7.73. The van der Waals surface area contributed by atoms with Crippen LogP contribution >= 0.6 is 0 Å². The number of oxime groups is 1. The number of carbonyl (C=O) groups is 1. The first-order valence-corrected chi connectivity index (χ1v) is 10.5. The molecule has 1 aromatic heterocycles. The number of hydrogen-bond acceptors (Lipinski definition) is 7. The van der Waals surface area contributed by atoms with Gasteiger partial charge in [0, 0.05) is 16.7 Å². The molecule has 1 aliphatic carbocycles. The summed E-state index contributed by atoms with van der Waals surface area (Å²) in [6, 6.07) is 11.0. The monoisotopic (exact) mass is 446 g/mol. The van der Waals surface area contributed by atoms with Crippen LogP contribution in [0.3, 0.4) is 0 Å². The Morgan fingerprint density at radius 1 is 1.27 bits per heavy atom. The molecule has 0 saturated carbocycles. The van der Waals surface area contributed by atoms with E-state index in [1.165, 1.54) is 0 Å². The number of ether oxygens (including phenoxy) is 1. The van der Waals surface area contributed by atoms with Crippen molar-refractivity contribution in [2.75, 3.05) is 6.61 Å². The standard InChI is InChI=1S/C24H22N4O5/c1-14(2)32-21-10-7-15(13-20(21)25-3)24-26-23(28-33-24)18-6-4-5-17-16(18)8-9-19(17)27-31-12-11-22(29)30/h4-7,10,13-14H,8-9,11-12H2,1-2H3,(H,29,30)/b27-19+. The van der Waals surface area contributed by atoms with E-state index >= 15 is 0 Å². The van der Waals surface area contributed by atoms with Gasteiger partial charge in [0.2, 0.25) is 11.5 Å². The molecule has 33 heavy (non-hydrogen) atoms. The number of aliphatic carboxylic acids is 1. The van der Waals surface area contributed by atoms with Gasteiger partial charge in [0.05, 0.1) is 24.8 Å². The summed E-state index contributed by atoms with van der Waals surface area (Å²) in [5.74, 6) is 0.346. The van der Waals surface area contributed by atoms with Crippen molar-refractivity contribution < 1.29 is 24.0 Å². The maximum Gasteiger partial charge on any atom is 0.306 e. The van der Waals surface area contributed by atoms with E-state index in [2.05, 4.69) is 20.1 Å². The minimum Gasteiger partial charge on any atom is -0.502 e. The molecule has 4 rings (SSSR count). The van der Waals surface area contributed by atoms with E-state index in [0.29, 0.717) is 35.1 Å². The lowest BCUT2D eigenvalue weighted by Gasteiger charge is -2.11. The molecular weight excluding hydrogens is 424 g/mol. The van der Waals surface area contributed by atoms with Crippen LogP contribution in [0, 0.1) is 6.57 Å². The molecule has 0 spiro atoms. The van der Waals surface area contributed by atoms with E-state index in [0.717, 1.165) is 28.8 Å². The number of aromatic nitrogens is 2. The van der Waals surface area contributed by atoms with Crippen LogP contribution in [-0.4, -0.2) is 39.6 Å². The number of rotatable bonds is 8. The van der Waals surface area contributed by atoms with Crippen LogP contribution in [0.4, 0.5) is 5.69 Å². The summed E-state index contributed by atoms with van der Waals surface area (Å²) in [6.07, 6.45) is 1.27. The molecule has 3 aromatic rings. The second-order valence-corrected chi connectivity index (χ2v) is 7.73. The van der Waals surface area contributed by atoms with Crippen molar-refractivity contribution in [3.05, 3.63) is 58.9 Å². The van der Waals surface area contributed by atoms with E-state index in [9.17, 15) is 4.79 Å². The van der Waals surface area contributed by atoms with Gasteiger partial charge in [0.15, 0.2) is 0 Å². The van der Waals surface area contributed by atoms with Gasteiger partial charge in [0.25, 0.3) is 5.89 Å². The summed E-state index contributed by atoms with van der Waals surface area (Å²) in [5, 5.41) is 17.0. The number of hydrogen-bond donors (Lipinski definition) is 1. The molecule has 0 saturated heterocycles. The third kappa shape index (κ3) is 4.85. The molecule has 0 atom stereocenters. The third-order valence-corrected chi connectivity index (χ3v) is 5.04. The average Bonchev–Trinajstić information content (AvgIpc) is 3.44. The van der Waals surface area contributed by atoms with Crippen molar-refractivity contribution in [2.24, 2.45) is 5.16 Å². The van der Waals surface area contributed by atoms with Crippen molar-refractivity contribution in [3.63, 3.8) is 0 Å². The summed E-state index contributed by atoms with van der Waals surface area (Å²) in [7, 11) is 0. The Morgan fingerprint density at radius 3 is 2.85 bits per heavy atom. The number of carboxylic acid groups (broad SMARTS) is 1. The predicted octanol–water partition coefficient (Wildman–Crippen LogP) is 4.88. The van der Waals surface area contributed by atoms with Crippen molar-refractivity contribution in [3.8, 4) is 28.6 Å². The highest BCUT2D eigenvalue weighted by atomic mass is 16.6. The van der Waals surface area contributed by atoms with E-state index in [4.69, 9.17) is 25.8 Å². The van der Waals surface area contributed by atoms with Gasteiger partial charge in [-0.3, -0.25) is 4.79 Å². The fourth-order valence-electron chi connectivity index (χ4n) is 3.61. The lowest BCUT2D eigenvalue weighted by molar-refractivity contribution is -0.138. The van der Waals surface area contributed by atoms with Gasteiger partial charge in [-0.25, -0.2) is 4.85 Å². The molecule has 9 nitrogen and oxygen atoms in total. The van der Waals surface area contributed by atoms with Crippen molar-refractivity contribution >= 4 is 17.4 Å². The second kappa shape index (κ2) is 9.53. The number of fused-ring (bicyclic) bond motifs is 1. The normalized spacial score (nSPS) is 13.7. The van der Waals surface area contributed by atoms with Gasteiger partial charge < -0.3 is 19.2 Å². The lowest BCUT2D eigenvalue weighted by Crippen LogP contribution is -2.05.